The molecular formula is C16H20N2O3. The number of amides is 2. The van der Waals surface area contributed by atoms with Crippen LogP contribution in [0.25, 0.3) is 0 Å². The number of nitrogens with zero attached hydrogens (tertiary/aromatic N) is 2. The second-order valence-electron chi connectivity index (χ2n) is 5.77. The van der Waals surface area contributed by atoms with E-state index in [-0.39, 0.29) is 18.2 Å². The number of morpholine rings is 1. The highest BCUT2D eigenvalue weighted by molar-refractivity contribution is 6.09. The molecule has 1 aromatic rings. The molecule has 2 aliphatic heterocycles. The Morgan fingerprint density at radius 3 is 2.38 bits per heavy atom. The Kier molecular flexibility index (Phi) is 3.78. The fourth-order valence-corrected chi connectivity index (χ4v) is 3.23. The van der Waals surface area contributed by atoms with Gasteiger partial charge in [-0.15, -0.1) is 0 Å². The Hall–Kier alpha value is -1.72. The van der Waals surface area contributed by atoms with E-state index < -0.39 is 5.41 Å². The second-order valence-corrected chi connectivity index (χ2v) is 5.77. The van der Waals surface area contributed by atoms with Gasteiger partial charge in [0, 0.05) is 33.1 Å². The lowest BCUT2D eigenvalue weighted by atomic mass is 9.78. The van der Waals surface area contributed by atoms with Gasteiger partial charge < -0.3 is 4.74 Å². The molecule has 1 atom stereocenters. The summed E-state index contributed by atoms with van der Waals surface area (Å²) in [6.07, 6.45) is 0.254. The monoisotopic (exact) mass is 288 g/mol. The maximum absolute atomic E-state index is 12.8. The molecule has 0 saturated carbocycles. The molecule has 1 aromatic carbocycles. The van der Waals surface area contributed by atoms with Gasteiger partial charge in [-0.2, -0.15) is 0 Å². The Morgan fingerprint density at radius 1 is 1.14 bits per heavy atom. The number of likely N-dealkylation sites (N-methyl/N-ethyl adjacent to an activating group) is 1. The number of likely N-dealkylation sites (tertiary alicyclic amines) is 1. The molecule has 0 aliphatic carbocycles. The summed E-state index contributed by atoms with van der Waals surface area (Å²) >= 11 is 0. The van der Waals surface area contributed by atoms with Crippen LogP contribution in [0, 0.1) is 0 Å². The molecule has 2 aliphatic rings. The highest BCUT2D eigenvalue weighted by atomic mass is 16.5. The van der Waals surface area contributed by atoms with Gasteiger partial charge in [-0.05, 0) is 5.56 Å². The summed E-state index contributed by atoms with van der Waals surface area (Å²) in [7, 11) is 1.58. The average Bonchev–Trinajstić information content (AvgIpc) is 2.74. The van der Waals surface area contributed by atoms with Gasteiger partial charge in [0.1, 0.15) is 0 Å². The minimum Gasteiger partial charge on any atom is -0.379 e. The van der Waals surface area contributed by atoms with Crippen LogP contribution in [0.1, 0.15) is 12.0 Å². The Morgan fingerprint density at radius 2 is 1.81 bits per heavy atom. The summed E-state index contributed by atoms with van der Waals surface area (Å²) in [5.74, 6) is -0.192. The van der Waals surface area contributed by atoms with Crippen molar-refractivity contribution in [1.82, 2.24) is 9.80 Å². The topological polar surface area (TPSA) is 49.9 Å². The number of carbonyl (C=O) groups is 2. The first-order chi connectivity index (χ1) is 10.1. The third-order valence-electron chi connectivity index (χ3n) is 4.46. The van der Waals surface area contributed by atoms with Crippen molar-refractivity contribution >= 4 is 11.8 Å². The van der Waals surface area contributed by atoms with E-state index in [1.54, 1.807) is 7.05 Å². The van der Waals surface area contributed by atoms with Gasteiger partial charge in [0.15, 0.2) is 0 Å². The van der Waals surface area contributed by atoms with Crippen LogP contribution in [0.3, 0.4) is 0 Å². The van der Waals surface area contributed by atoms with Crippen LogP contribution in [0.2, 0.25) is 0 Å². The van der Waals surface area contributed by atoms with Crippen molar-refractivity contribution in [3.8, 4) is 0 Å². The molecule has 2 saturated heterocycles. The van der Waals surface area contributed by atoms with E-state index in [1.165, 1.54) is 4.90 Å². The number of hydrogen-bond acceptors (Lipinski definition) is 4. The van der Waals surface area contributed by atoms with Gasteiger partial charge in [0.2, 0.25) is 11.8 Å². The number of benzene rings is 1. The molecule has 0 N–H and O–H groups in total. The smallest absolute Gasteiger partial charge is 0.241 e. The molecule has 2 heterocycles. The zero-order chi connectivity index (χ0) is 14.9. The van der Waals surface area contributed by atoms with Crippen LogP contribution in [0.15, 0.2) is 30.3 Å². The van der Waals surface area contributed by atoms with E-state index in [9.17, 15) is 9.59 Å². The minimum absolute atomic E-state index is 0.0924. The Bertz CT molecular complexity index is 540. The van der Waals surface area contributed by atoms with E-state index in [4.69, 9.17) is 4.74 Å². The highest BCUT2D eigenvalue weighted by Crippen LogP contribution is 2.37. The van der Waals surface area contributed by atoms with Crippen molar-refractivity contribution in [3.05, 3.63) is 35.9 Å². The fourth-order valence-electron chi connectivity index (χ4n) is 3.23. The van der Waals surface area contributed by atoms with Crippen molar-refractivity contribution in [3.63, 3.8) is 0 Å². The van der Waals surface area contributed by atoms with Gasteiger partial charge in [0.25, 0.3) is 0 Å². The number of hydrogen-bond donors (Lipinski definition) is 0. The van der Waals surface area contributed by atoms with Crippen LogP contribution in [0.4, 0.5) is 0 Å². The van der Waals surface area contributed by atoms with Crippen LogP contribution < -0.4 is 0 Å². The van der Waals surface area contributed by atoms with Gasteiger partial charge >= 0.3 is 0 Å². The Labute approximate surface area is 124 Å². The number of imide groups is 1. The van der Waals surface area contributed by atoms with Crippen molar-refractivity contribution < 1.29 is 14.3 Å². The lowest BCUT2D eigenvalue weighted by Gasteiger charge is -2.35. The maximum Gasteiger partial charge on any atom is 0.241 e. The van der Waals surface area contributed by atoms with Gasteiger partial charge in [-0.1, -0.05) is 30.3 Å². The van der Waals surface area contributed by atoms with Gasteiger partial charge in [-0.25, -0.2) is 0 Å². The summed E-state index contributed by atoms with van der Waals surface area (Å²) in [6.45, 7) is 3.56. The van der Waals surface area contributed by atoms with Crippen LogP contribution >= 0.6 is 0 Å². The Balaban J connectivity index is 1.95. The summed E-state index contributed by atoms with van der Waals surface area (Å²) in [6, 6.07) is 9.67. The molecule has 5 nitrogen and oxygen atoms in total. The molecule has 0 radical (unpaired) electrons. The van der Waals surface area contributed by atoms with Gasteiger partial charge in [-0.3, -0.25) is 19.4 Å². The zero-order valence-electron chi connectivity index (χ0n) is 12.2. The van der Waals surface area contributed by atoms with Crippen LogP contribution in [-0.2, 0) is 19.7 Å². The SMILES string of the molecule is CN1C(=O)CC(CN2CCOCC2)(c2ccccc2)C1=O. The quantitative estimate of drug-likeness (QED) is 0.766. The maximum atomic E-state index is 12.8. The first-order valence-electron chi connectivity index (χ1n) is 7.30. The molecule has 2 fully saturated rings. The predicted octanol–water partition coefficient (Wildman–Crippen LogP) is 0.645. The summed E-state index contributed by atoms with van der Waals surface area (Å²) in [4.78, 5) is 28.3. The first kappa shape index (κ1) is 14.2. The third-order valence-corrected chi connectivity index (χ3v) is 4.46. The molecule has 1 unspecified atom stereocenters. The fraction of sp³-hybridized carbons (Fsp3) is 0.500. The number of carbonyl (C=O) groups excluding carboxylic acids is 2. The lowest BCUT2D eigenvalue weighted by molar-refractivity contribution is -0.138. The molecule has 5 heteroatoms. The van der Waals surface area contributed by atoms with Crippen molar-refractivity contribution in [2.24, 2.45) is 0 Å². The minimum atomic E-state index is -0.746. The summed E-state index contributed by atoms with van der Waals surface area (Å²) < 4.78 is 5.37. The molecule has 2 amide bonds. The number of rotatable bonds is 3. The molecule has 112 valence electrons. The van der Waals surface area contributed by atoms with Crippen LogP contribution in [-0.4, -0.2) is 61.5 Å². The molecule has 0 aromatic heterocycles. The standard InChI is InChI=1S/C16H20N2O3/c1-17-14(19)11-16(15(17)20,13-5-3-2-4-6-13)12-18-7-9-21-10-8-18/h2-6H,7-12H2,1H3. The van der Waals surface area contributed by atoms with Gasteiger partial charge in [0.05, 0.1) is 18.6 Å². The summed E-state index contributed by atoms with van der Waals surface area (Å²) in [5, 5.41) is 0. The molecule has 0 bridgehead atoms. The van der Waals surface area contributed by atoms with Crippen molar-refractivity contribution in [1.29, 1.82) is 0 Å². The summed E-state index contributed by atoms with van der Waals surface area (Å²) in [5.41, 5.74) is 0.184. The van der Waals surface area contributed by atoms with E-state index >= 15 is 0 Å². The van der Waals surface area contributed by atoms with Crippen molar-refractivity contribution in [2.75, 3.05) is 39.9 Å². The highest BCUT2D eigenvalue weighted by Gasteiger charge is 2.52. The second kappa shape index (κ2) is 5.58. The molecule has 21 heavy (non-hydrogen) atoms. The van der Waals surface area contributed by atoms with E-state index in [0.717, 1.165) is 18.7 Å². The van der Waals surface area contributed by atoms with Crippen LogP contribution in [0.5, 0.6) is 0 Å². The lowest BCUT2D eigenvalue weighted by Crippen LogP contribution is -2.49. The third kappa shape index (κ3) is 2.47. The number of ether oxygens (including phenoxy) is 1. The normalized spacial score (nSPS) is 27.4. The average molecular weight is 288 g/mol. The largest absolute Gasteiger partial charge is 0.379 e. The zero-order valence-corrected chi connectivity index (χ0v) is 12.2. The van der Waals surface area contributed by atoms with E-state index in [1.807, 2.05) is 30.3 Å². The first-order valence-corrected chi connectivity index (χ1v) is 7.30. The molecular weight excluding hydrogens is 268 g/mol. The molecule has 3 rings (SSSR count). The molecule has 0 spiro atoms. The van der Waals surface area contributed by atoms with E-state index in [0.29, 0.717) is 19.8 Å². The van der Waals surface area contributed by atoms with E-state index in [2.05, 4.69) is 4.90 Å². The predicted molar refractivity (Wildman–Crippen MR) is 77.8 cm³/mol. The van der Waals surface area contributed by atoms with Crippen molar-refractivity contribution in [2.45, 2.75) is 11.8 Å².